The highest BCUT2D eigenvalue weighted by atomic mass is 32.2. The summed E-state index contributed by atoms with van der Waals surface area (Å²) in [5.74, 6) is -0.733. The predicted octanol–water partition coefficient (Wildman–Crippen LogP) is 2.82. The number of nitrogens with zero attached hydrogens (tertiary/aromatic N) is 3. The molecule has 0 saturated carbocycles. The molecule has 9 heteroatoms. The van der Waals surface area contributed by atoms with Crippen LogP contribution in [0.15, 0.2) is 48.9 Å². The summed E-state index contributed by atoms with van der Waals surface area (Å²) in [4.78, 5) is 32.2. The summed E-state index contributed by atoms with van der Waals surface area (Å²) in [6.07, 6.45) is 4.57. The minimum Gasteiger partial charge on any atom is -0.311 e. The largest absolute Gasteiger partial charge is 0.311 e. The molecule has 1 amide bonds. The fraction of sp³-hybridized carbons (Fsp3) is 0.286. The van der Waals surface area contributed by atoms with E-state index in [-0.39, 0.29) is 18.1 Å². The molecule has 0 spiro atoms. The number of aromatic nitrogens is 2. The Morgan fingerprint density at radius 2 is 1.87 bits per heavy atom. The summed E-state index contributed by atoms with van der Waals surface area (Å²) in [6.45, 7) is 2.16. The van der Waals surface area contributed by atoms with Gasteiger partial charge in [0, 0.05) is 35.4 Å². The quantitative estimate of drug-likeness (QED) is 0.547. The Bertz CT molecular complexity index is 1190. The van der Waals surface area contributed by atoms with Crippen molar-refractivity contribution in [1.29, 1.82) is 0 Å². The molecule has 0 N–H and O–H groups in total. The van der Waals surface area contributed by atoms with Crippen LogP contribution in [0.2, 0.25) is 0 Å². The molecule has 0 radical (unpaired) electrons. The molecule has 0 aliphatic carbocycles. The molecule has 1 fully saturated rings. The maximum absolute atomic E-state index is 12.3. The molecule has 4 rings (SSSR count). The van der Waals surface area contributed by atoms with Gasteiger partial charge in [0.1, 0.15) is 5.75 Å². The van der Waals surface area contributed by atoms with E-state index < -0.39 is 21.5 Å². The van der Waals surface area contributed by atoms with Crippen molar-refractivity contribution in [3.8, 4) is 5.69 Å². The van der Waals surface area contributed by atoms with Gasteiger partial charge in [0.25, 0.3) is 0 Å². The van der Waals surface area contributed by atoms with E-state index in [4.69, 9.17) is 0 Å². The molecule has 30 heavy (non-hydrogen) atoms. The topological polar surface area (TPSA) is 89.3 Å². The Hall–Kier alpha value is -2.78. The summed E-state index contributed by atoms with van der Waals surface area (Å²) in [5, 5.41) is 0. The molecule has 0 unspecified atom stereocenters. The number of hydrogen-bond acceptors (Lipinski definition) is 6. The molecule has 156 valence electrons. The zero-order valence-corrected chi connectivity index (χ0v) is 18.1. The molecule has 1 saturated heterocycles. The van der Waals surface area contributed by atoms with Crippen LogP contribution in [-0.2, 0) is 21.1 Å². The number of sulfone groups is 1. The van der Waals surface area contributed by atoms with Gasteiger partial charge in [0.2, 0.25) is 5.91 Å². The minimum atomic E-state index is -3.28. The van der Waals surface area contributed by atoms with Crippen molar-refractivity contribution in [2.45, 2.75) is 19.8 Å². The van der Waals surface area contributed by atoms with Crippen LogP contribution in [0.3, 0.4) is 0 Å². The van der Waals surface area contributed by atoms with Gasteiger partial charge in [0.15, 0.2) is 15.6 Å². The van der Waals surface area contributed by atoms with Gasteiger partial charge in [-0.2, -0.15) is 0 Å². The number of anilines is 1. The molecular weight excluding hydrogens is 422 g/mol. The van der Waals surface area contributed by atoms with Gasteiger partial charge in [-0.3, -0.25) is 9.59 Å². The van der Waals surface area contributed by atoms with Crippen LogP contribution in [-0.4, -0.2) is 47.7 Å². The lowest BCUT2D eigenvalue weighted by atomic mass is 10.1. The molecule has 3 aromatic rings. The average Bonchev–Trinajstić information content (AvgIpc) is 3.35. The summed E-state index contributed by atoms with van der Waals surface area (Å²) < 4.78 is 25.0. The molecular formula is C21H21N3O4S2. The smallest absolute Gasteiger partial charge is 0.242 e. The normalized spacial score (nSPS) is 16.0. The molecule has 0 bridgehead atoms. The number of aryl methyl sites for hydroxylation is 2. The molecule has 1 aliphatic heterocycles. The van der Waals surface area contributed by atoms with E-state index in [1.807, 2.05) is 42.0 Å². The van der Waals surface area contributed by atoms with E-state index in [0.717, 1.165) is 21.1 Å². The van der Waals surface area contributed by atoms with E-state index in [1.54, 1.807) is 18.5 Å². The molecule has 2 aromatic heterocycles. The van der Waals surface area contributed by atoms with Gasteiger partial charge < -0.3 is 9.47 Å². The standard InChI is InChI=1S/C21H21N3O4S2/c1-15-2-9-20(29-15)19(25)8-3-16-12-23(14-22-16)17-4-6-18(7-5-17)24-10-11-30(27,28)13-21(24)26/h2,4-7,9,12,14H,3,8,10-11,13H2,1H3. The summed E-state index contributed by atoms with van der Waals surface area (Å²) >= 11 is 1.51. The Morgan fingerprint density at radius 1 is 1.13 bits per heavy atom. The van der Waals surface area contributed by atoms with Gasteiger partial charge in [0.05, 0.1) is 22.7 Å². The summed E-state index contributed by atoms with van der Waals surface area (Å²) in [5.41, 5.74) is 2.38. The van der Waals surface area contributed by atoms with Crippen molar-refractivity contribution in [1.82, 2.24) is 9.55 Å². The van der Waals surface area contributed by atoms with Crippen molar-refractivity contribution in [2.75, 3.05) is 23.0 Å². The second kappa shape index (κ2) is 8.16. The third kappa shape index (κ3) is 4.52. The van der Waals surface area contributed by atoms with Crippen LogP contribution < -0.4 is 4.90 Å². The number of thiophene rings is 1. The van der Waals surface area contributed by atoms with Crippen molar-refractivity contribution < 1.29 is 18.0 Å². The molecule has 0 atom stereocenters. The van der Waals surface area contributed by atoms with Crippen LogP contribution in [0.25, 0.3) is 5.69 Å². The highest BCUT2D eigenvalue weighted by Crippen LogP contribution is 2.21. The third-order valence-corrected chi connectivity index (χ3v) is 7.52. The number of carbonyl (C=O) groups excluding carboxylic acids is 2. The minimum absolute atomic E-state index is 0.0187. The summed E-state index contributed by atoms with van der Waals surface area (Å²) in [7, 11) is -3.28. The van der Waals surface area contributed by atoms with Crippen molar-refractivity contribution >= 4 is 38.6 Å². The Labute approximate surface area is 178 Å². The lowest BCUT2D eigenvalue weighted by Crippen LogP contribution is -2.45. The molecule has 7 nitrogen and oxygen atoms in total. The number of ketones is 1. The van der Waals surface area contributed by atoms with Gasteiger partial charge >= 0.3 is 0 Å². The van der Waals surface area contributed by atoms with Crippen LogP contribution in [0.1, 0.15) is 26.7 Å². The van der Waals surface area contributed by atoms with Crippen LogP contribution in [0.4, 0.5) is 5.69 Å². The predicted molar refractivity (Wildman–Crippen MR) is 116 cm³/mol. The Kier molecular flexibility index (Phi) is 5.57. The van der Waals surface area contributed by atoms with Gasteiger partial charge in [-0.05, 0) is 49.7 Å². The summed E-state index contributed by atoms with van der Waals surface area (Å²) in [6, 6.07) is 11.1. The number of rotatable bonds is 6. The highest BCUT2D eigenvalue weighted by molar-refractivity contribution is 7.92. The average molecular weight is 444 g/mol. The fourth-order valence-corrected chi connectivity index (χ4v) is 5.33. The number of imidazole rings is 1. The molecule has 1 aliphatic rings. The maximum atomic E-state index is 12.3. The first-order chi connectivity index (χ1) is 14.3. The Balaban J connectivity index is 1.40. The number of hydrogen-bond donors (Lipinski definition) is 0. The lowest BCUT2D eigenvalue weighted by Gasteiger charge is -2.26. The molecule has 3 heterocycles. The molecule has 1 aromatic carbocycles. The number of amides is 1. The monoisotopic (exact) mass is 443 g/mol. The first-order valence-electron chi connectivity index (χ1n) is 9.54. The first kappa shape index (κ1) is 20.5. The SMILES string of the molecule is Cc1ccc(C(=O)CCc2cn(-c3ccc(N4CCS(=O)(=O)CC4=O)cc3)cn2)s1. The van der Waals surface area contributed by atoms with Gasteiger partial charge in [-0.25, -0.2) is 13.4 Å². The van der Waals surface area contributed by atoms with E-state index in [1.165, 1.54) is 16.2 Å². The third-order valence-electron chi connectivity index (χ3n) is 4.99. The highest BCUT2D eigenvalue weighted by Gasteiger charge is 2.29. The van der Waals surface area contributed by atoms with Crippen molar-refractivity contribution in [3.05, 3.63) is 64.4 Å². The van der Waals surface area contributed by atoms with Crippen molar-refractivity contribution in [2.24, 2.45) is 0 Å². The number of Topliss-reactive ketones (excluding diaryl/α,β-unsaturated/α-hetero) is 1. The van der Waals surface area contributed by atoms with Crippen LogP contribution in [0, 0.1) is 6.92 Å². The zero-order chi connectivity index (χ0) is 21.3. The van der Waals surface area contributed by atoms with E-state index >= 15 is 0 Å². The van der Waals surface area contributed by atoms with Crippen LogP contribution >= 0.6 is 11.3 Å². The fourth-order valence-electron chi connectivity index (χ4n) is 3.35. The van der Waals surface area contributed by atoms with Gasteiger partial charge in [-0.15, -0.1) is 11.3 Å². The zero-order valence-electron chi connectivity index (χ0n) is 16.4. The Morgan fingerprint density at radius 3 is 2.53 bits per heavy atom. The van der Waals surface area contributed by atoms with E-state index in [0.29, 0.717) is 18.5 Å². The van der Waals surface area contributed by atoms with Gasteiger partial charge in [-0.1, -0.05) is 0 Å². The van der Waals surface area contributed by atoms with E-state index in [2.05, 4.69) is 4.98 Å². The second-order valence-electron chi connectivity index (χ2n) is 7.26. The van der Waals surface area contributed by atoms with E-state index in [9.17, 15) is 18.0 Å². The number of benzene rings is 1. The lowest BCUT2D eigenvalue weighted by molar-refractivity contribution is -0.116. The van der Waals surface area contributed by atoms with Crippen LogP contribution in [0.5, 0.6) is 0 Å². The number of carbonyl (C=O) groups is 2. The first-order valence-corrected chi connectivity index (χ1v) is 12.2. The maximum Gasteiger partial charge on any atom is 0.242 e. The second-order valence-corrected chi connectivity index (χ2v) is 10.7. The van der Waals surface area contributed by atoms with Crippen molar-refractivity contribution in [3.63, 3.8) is 0 Å².